The van der Waals surface area contributed by atoms with Crippen LogP contribution in [0.5, 0.6) is 0 Å². The molecule has 0 atom stereocenters. The van der Waals surface area contributed by atoms with Crippen molar-refractivity contribution in [3.8, 4) is 0 Å². The molecule has 0 aliphatic carbocycles. The lowest BCUT2D eigenvalue weighted by Gasteiger charge is -2.13. The van der Waals surface area contributed by atoms with Crippen molar-refractivity contribution >= 4 is 33.6 Å². The van der Waals surface area contributed by atoms with Crippen molar-refractivity contribution < 1.29 is 4.52 Å². The molecule has 3 aromatic heterocycles. The van der Waals surface area contributed by atoms with E-state index in [1.165, 1.54) is 4.57 Å². The Labute approximate surface area is 203 Å². The quantitative estimate of drug-likeness (QED) is 0.363. The SMILES string of the molecule is CCCCn1c2c(c(=O)n(CCCc3nc(Cc4ccc5[nH]c(=O)[nH]c5c4)no3)c1=O)CC(Cl)=N2. The highest BCUT2D eigenvalue weighted by Crippen LogP contribution is 2.24. The zero-order chi connectivity index (χ0) is 24.5. The normalized spacial score (nSPS) is 12.9. The number of nitrogens with one attached hydrogen (secondary N) is 2. The molecule has 1 aliphatic heterocycles. The largest absolute Gasteiger partial charge is 0.339 e. The summed E-state index contributed by atoms with van der Waals surface area (Å²) < 4.78 is 8.16. The highest BCUT2D eigenvalue weighted by atomic mass is 35.5. The van der Waals surface area contributed by atoms with Crippen LogP contribution >= 0.6 is 11.6 Å². The summed E-state index contributed by atoms with van der Waals surface area (Å²) in [5.74, 6) is 1.34. The van der Waals surface area contributed by atoms with Crippen LogP contribution < -0.4 is 16.9 Å². The van der Waals surface area contributed by atoms with Crippen LogP contribution in [0.15, 0.2) is 42.1 Å². The van der Waals surface area contributed by atoms with Gasteiger partial charge in [-0.3, -0.25) is 13.9 Å². The third-order valence-corrected chi connectivity index (χ3v) is 6.22. The van der Waals surface area contributed by atoms with Crippen LogP contribution in [0.1, 0.15) is 49.0 Å². The first-order chi connectivity index (χ1) is 16.9. The molecule has 4 heterocycles. The number of imidazole rings is 1. The Hall–Kier alpha value is -3.73. The lowest BCUT2D eigenvalue weighted by atomic mass is 10.1. The molecule has 2 N–H and O–H groups in total. The Balaban J connectivity index is 1.27. The summed E-state index contributed by atoms with van der Waals surface area (Å²) in [5, 5.41) is 4.35. The van der Waals surface area contributed by atoms with E-state index in [1.54, 1.807) is 4.57 Å². The molecule has 4 aromatic rings. The molecule has 0 amide bonds. The molecule has 0 unspecified atom stereocenters. The van der Waals surface area contributed by atoms with E-state index in [-0.39, 0.29) is 29.9 Å². The molecule has 0 saturated carbocycles. The van der Waals surface area contributed by atoms with Crippen molar-refractivity contribution in [3.05, 3.63) is 72.4 Å². The maximum atomic E-state index is 13.0. The van der Waals surface area contributed by atoms with Crippen LogP contribution in [0.3, 0.4) is 0 Å². The highest BCUT2D eigenvalue weighted by Gasteiger charge is 2.24. The number of rotatable bonds is 9. The van der Waals surface area contributed by atoms with Gasteiger partial charge in [-0.15, -0.1) is 0 Å². The lowest BCUT2D eigenvalue weighted by molar-refractivity contribution is 0.366. The number of nitrogens with zero attached hydrogens (tertiary/aromatic N) is 5. The minimum Gasteiger partial charge on any atom is -0.339 e. The summed E-state index contributed by atoms with van der Waals surface area (Å²) in [6, 6.07) is 5.58. The number of aromatic nitrogens is 6. The van der Waals surface area contributed by atoms with Crippen molar-refractivity contribution in [2.45, 2.75) is 58.5 Å². The van der Waals surface area contributed by atoms with E-state index in [2.05, 4.69) is 25.1 Å². The average Bonchev–Trinajstić information content (AvgIpc) is 3.53. The van der Waals surface area contributed by atoms with E-state index in [0.29, 0.717) is 59.6 Å². The number of benzene rings is 1. The van der Waals surface area contributed by atoms with Gasteiger partial charge in [0.05, 0.1) is 16.6 Å². The molecular weight excluding hydrogens is 474 g/mol. The Morgan fingerprint density at radius 2 is 1.89 bits per heavy atom. The number of hydrogen-bond donors (Lipinski definition) is 2. The average molecular weight is 498 g/mol. The molecule has 5 rings (SSSR count). The number of aromatic amines is 2. The zero-order valence-electron chi connectivity index (χ0n) is 19.1. The molecular formula is C23H24ClN7O4. The summed E-state index contributed by atoms with van der Waals surface area (Å²) >= 11 is 6.08. The van der Waals surface area contributed by atoms with E-state index in [4.69, 9.17) is 16.1 Å². The summed E-state index contributed by atoms with van der Waals surface area (Å²) in [7, 11) is 0. The van der Waals surface area contributed by atoms with Gasteiger partial charge in [-0.25, -0.2) is 14.6 Å². The van der Waals surface area contributed by atoms with E-state index in [0.717, 1.165) is 23.9 Å². The van der Waals surface area contributed by atoms with Gasteiger partial charge in [-0.2, -0.15) is 4.98 Å². The van der Waals surface area contributed by atoms with Gasteiger partial charge in [-0.1, -0.05) is 36.2 Å². The maximum Gasteiger partial charge on any atom is 0.332 e. The summed E-state index contributed by atoms with van der Waals surface area (Å²) in [6.07, 6.45) is 3.31. The van der Waals surface area contributed by atoms with Crippen LogP contribution in [-0.2, 0) is 32.4 Å². The van der Waals surface area contributed by atoms with Gasteiger partial charge in [0.2, 0.25) is 5.89 Å². The molecule has 1 aromatic carbocycles. The van der Waals surface area contributed by atoms with E-state index >= 15 is 0 Å². The second kappa shape index (κ2) is 9.49. The van der Waals surface area contributed by atoms with Gasteiger partial charge in [-0.05, 0) is 30.5 Å². The third-order valence-electron chi connectivity index (χ3n) is 6.00. The van der Waals surface area contributed by atoms with E-state index < -0.39 is 0 Å². The fourth-order valence-corrected chi connectivity index (χ4v) is 4.48. The second-order valence-corrected chi connectivity index (χ2v) is 8.99. The van der Waals surface area contributed by atoms with Crippen LogP contribution in [0, 0.1) is 0 Å². The van der Waals surface area contributed by atoms with Gasteiger partial charge >= 0.3 is 11.4 Å². The first-order valence-electron chi connectivity index (χ1n) is 11.5. The van der Waals surface area contributed by atoms with E-state index in [9.17, 15) is 14.4 Å². The number of H-pyrrole nitrogens is 2. The first-order valence-corrected chi connectivity index (χ1v) is 11.9. The van der Waals surface area contributed by atoms with Crippen LogP contribution in [0.4, 0.5) is 5.82 Å². The Morgan fingerprint density at radius 3 is 2.71 bits per heavy atom. The third kappa shape index (κ3) is 4.63. The Morgan fingerprint density at radius 1 is 1.09 bits per heavy atom. The lowest BCUT2D eigenvalue weighted by Crippen LogP contribution is -2.41. The summed E-state index contributed by atoms with van der Waals surface area (Å²) in [6.45, 7) is 2.75. The smallest absolute Gasteiger partial charge is 0.332 e. The number of fused-ring (bicyclic) bond motifs is 2. The summed E-state index contributed by atoms with van der Waals surface area (Å²) in [5.41, 5.74) is 1.87. The van der Waals surface area contributed by atoms with Crippen molar-refractivity contribution in [2.24, 2.45) is 4.99 Å². The molecule has 0 radical (unpaired) electrons. The first kappa shape index (κ1) is 23.0. The van der Waals surface area contributed by atoms with Crippen molar-refractivity contribution in [1.82, 2.24) is 29.2 Å². The van der Waals surface area contributed by atoms with Gasteiger partial charge < -0.3 is 14.5 Å². The molecule has 0 spiro atoms. The van der Waals surface area contributed by atoms with Gasteiger partial charge in [0.25, 0.3) is 5.56 Å². The number of unbranched alkanes of at least 4 members (excludes halogenated alkanes) is 1. The van der Waals surface area contributed by atoms with Crippen LogP contribution in [0.2, 0.25) is 0 Å². The number of halogens is 1. The molecule has 35 heavy (non-hydrogen) atoms. The molecule has 0 bridgehead atoms. The van der Waals surface area contributed by atoms with Crippen molar-refractivity contribution in [2.75, 3.05) is 0 Å². The molecule has 1 aliphatic rings. The van der Waals surface area contributed by atoms with Gasteiger partial charge in [0, 0.05) is 32.4 Å². The monoisotopic (exact) mass is 497 g/mol. The Bertz CT molecular complexity index is 1600. The van der Waals surface area contributed by atoms with Crippen LogP contribution in [0.25, 0.3) is 11.0 Å². The molecule has 0 saturated heterocycles. The topological polar surface area (TPSA) is 144 Å². The number of aryl methyl sites for hydroxylation is 1. The minimum atomic E-state index is -0.373. The summed E-state index contributed by atoms with van der Waals surface area (Å²) in [4.78, 5) is 51.5. The van der Waals surface area contributed by atoms with Gasteiger partial charge in [0.15, 0.2) is 5.82 Å². The minimum absolute atomic E-state index is 0.226. The molecule has 12 heteroatoms. The fraction of sp³-hybridized carbons (Fsp3) is 0.391. The maximum absolute atomic E-state index is 13.0. The molecule has 11 nitrogen and oxygen atoms in total. The standard InChI is InChI=1S/C23H24ClN7O4/c1-2-3-8-30-20-14(12-17(24)27-20)21(32)31(23(30)34)9-4-5-19-28-18(29-35-19)11-13-6-7-15-16(10-13)26-22(33)25-15/h6-7,10H,2-5,8-9,11-12H2,1H3,(H2,25,26,33). The predicted molar refractivity (Wildman–Crippen MR) is 131 cm³/mol. The van der Waals surface area contributed by atoms with Crippen molar-refractivity contribution in [3.63, 3.8) is 0 Å². The van der Waals surface area contributed by atoms with Crippen LogP contribution in [-0.4, -0.2) is 34.4 Å². The number of aliphatic imine (C=N–C) groups is 1. The molecule has 182 valence electrons. The second-order valence-electron chi connectivity index (χ2n) is 8.56. The fourth-order valence-electron chi connectivity index (χ4n) is 4.27. The number of hydrogen-bond acceptors (Lipinski definition) is 7. The van der Waals surface area contributed by atoms with Crippen molar-refractivity contribution in [1.29, 1.82) is 0 Å². The highest BCUT2D eigenvalue weighted by molar-refractivity contribution is 6.66. The molecule has 0 fully saturated rings. The van der Waals surface area contributed by atoms with Gasteiger partial charge in [0.1, 0.15) is 11.0 Å². The van der Waals surface area contributed by atoms with E-state index in [1.807, 2.05) is 25.1 Å². The predicted octanol–water partition coefficient (Wildman–Crippen LogP) is 2.41. The zero-order valence-corrected chi connectivity index (χ0v) is 19.9. The Kier molecular flexibility index (Phi) is 6.25.